The van der Waals surface area contributed by atoms with Gasteiger partial charge in [0, 0.05) is 6.20 Å². The number of nitrogens with zero attached hydrogens (tertiary/aromatic N) is 2. The van der Waals surface area contributed by atoms with Crippen LogP contribution in [0.1, 0.15) is 70.0 Å². The number of carbonyl (C=O) groups is 1. The Hall–Kier alpha value is -1.16. The Morgan fingerprint density at radius 2 is 2.19 bits per heavy atom. The molecule has 1 atom stereocenters. The van der Waals surface area contributed by atoms with Crippen molar-refractivity contribution in [3.05, 3.63) is 18.0 Å². The van der Waals surface area contributed by atoms with Crippen molar-refractivity contribution in [3.63, 3.8) is 0 Å². The van der Waals surface area contributed by atoms with Gasteiger partial charge in [0.05, 0.1) is 23.7 Å². The molecule has 1 N–H and O–H groups in total. The van der Waals surface area contributed by atoms with E-state index < -0.39 is 0 Å². The van der Waals surface area contributed by atoms with Crippen molar-refractivity contribution in [2.45, 2.75) is 76.3 Å². The van der Waals surface area contributed by atoms with Crippen LogP contribution in [0.25, 0.3) is 0 Å². The van der Waals surface area contributed by atoms with Gasteiger partial charge in [-0.2, -0.15) is 5.10 Å². The van der Waals surface area contributed by atoms with Crippen LogP contribution in [0.5, 0.6) is 0 Å². The van der Waals surface area contributed by atoms with Gasteiger partial charge in [-0.3, -0.25) is 9.48 Å². The minimum atomic E-state index is -0.283. The average molecular weight is 289 g/mol. The third kappa shape index (κ3) is 3.05. The fraction of sp³-hybridized carbons (Fsp3) is 0.765. The van der Waals surface area contributed by atoms with Gasteiger partial charge in [-0.1, -0.05) is 26.2 Å². The molecule has 1 saturated carbocycles. The number of ketones is 1. The summed E-state index contributed by atoms with van der Waals surface area (Å²) in [5.74, 6) is 0.316. The zero-order valence-electron chi connectivity index (χ0n) is 13.1. The maximum Gasteiger partial charge on any atom is 0.158 e. The Kier molecular flexibility index (Phi) is 4.43. The first-order valence-corrected chi connectivity index (χ1v) is 8.56. The molecule has 1 aliphatic heterocycles. The van der Waals surface area contributed by atoms with Gasteiger partial charge < -0.3 is 5.32 Å². The lowest BCUT2D eigenvalue weighted by Crippen LogP contribution is -2.47. The van der Waals surface area contributed by atoms with Crippen molar-refractivity contribution < 1.29 is 4.79 Å². The number of aromatic nitrogens is 2. The van der Waals surface area contributed by atoms with E-state index in [1.807, 2.05) is 6.07 Å². The maximum absolute atomic E-state index is 12.6. The second-order valence-corrected chi connectivity index (χ2v) is 6.64. The molecular formula is C17H27N3O. The topological polar surface area (TPSA) is 46.9 Å². The normalized spacial score (nSPS) is 27.1. The monoisotopic (exact) mass is 289 g/mol. The van der Waals surface area contributed by atoms with E-state index in [-0.39, 0.29) is 5.54 Å². The lowest BCUT2D eigenvalue weighted by atomic mass is 9.87. The predicted octanol–water partition coefficient (Wildman–Crippen LogP) is 3.03. The van der Waals surface area contributed by atoms with Crippen LogP contribution in [0, 0.1) is 0 Å². The summed E-state index contributed by atoms with van der Waals surface area (Å²) in [6, 6.07) is 2.58. The summed E-state index contributed by atoms with van der Waals surface area (Å²) in [5, 5.41) is 8.10. The van der Waals surface area contributed by atoms with Crippen LogP contribution in [0.2, 0.25) is 0 Å². The molecule has 2 aliphatic rings. The first-order valence-electron chi connectivity index (χ1n) is 8.56. The standard InChI is InChI=1S/C17H27N3O/c1-2-17(10-6-11-18-17)16(21)13-14-9-12-20(19-14)15-7-4-3-5-8-15/h9,12,15,18H,2-8,10-11,13H2,1H3. The molecule has 2 heterocycles. The van der Waals surface area contributed by atoms with E-state index in [9.17, 15) is 4.79 Å². The van der Waals surface area contributed by atoms with E-state index >= 15 is 0 Å². The molecule has 0 aromatic carbocycles. The number of nitrogens with one attached hydrogen (secondary N) is 1. The molecule has 3 rings (SSSR count). The van der Waals surface area contributed by atoms with Gasteiger partial charge in [-0.25, -0.2) is 0 Å². The number of carbonyl (C=O) groups excluding carboxylic acids is 1. The molecule has 1 aromatic rings. The van der Waals surface area contributed by atoms with Crippen LogP contribution in [0.3, 0.4) is 0 Å². The van der Waals surface area contributed by atoms with Gasteiger partial charge >= 0.3 is 0 Å². The third-order valence-corrected chi connectivity index (χ3v) is 5.34. The maximum atomic E-state index is 12.6. The van der Waals surface area contributed by atoms with Crippen LogP contribution < -0.4 is 5.32 Å². The molecule has 116 valence electrons. The van der Waals surface area contributed by atoms with E-state index in [0.717, 1.165) is 31.5 Å². The summed E-state index contributed by atoms with van der Waals surface area (Å²) in [7, 11) is 0. The van der Waals surface area contributed by atoms with E-state index in [4.69, 9.17) is 0 Å². The third-order valence-electron chi connectivity index (χ3n) is 5.34. The van der Waals surface area contributed by atoms with Crippen molar-refractivity contribution in [2.24, 2.45) is 0 Å². The fourth-order valence-corrected chi connectivity index (χ4v) is 3.90. The Labute approximate surface area is 127 Å². The van der Waals surface area contributed by atoms with Crippen molar-refractivity contribution >= 4 is 5.78 Å². The molecule has 2 fully saturated rings. The highest BCUT2D eigenvalue weighted by Crippen LogP contribution is 2.28. The molecule has 1 saturated heterocycles. The van der Waals surface area contributed by atoms with Gasteiger partial charge in [-0.15, -0.1) is 0 Å². The molecule has 21 heavy (non-hydrogen) atoms. The highest BCUT2D eigenvalue weighted by Gasteiger charge is 2.38. The zero-order chi connectivity index (χ0) is 14.7. The van der Waals surface area contributed by atoms with Gasteiger partial charge in [0.1, 0.15) is 0 Å². The molecule has 4 nitrogen and oxygen atoms in total. The molecule has 1 aromatic heterocycles. The van der Waals surface area contributed by atoms with Crippen molar-refractivity contribution in [3.8, 4) is 0 Å². The number of Topliss-reactive ketones (excluding diaryl/α,β-unsaturated/α-hetero) is 1. The molecule has 0 spiro atoms. The molecule has 0 bridgehead atoms. The van der Waals surface area contributed by atoms with E-state index in [1.54, 1.807) is 0 Å². The summed E-state index contributed by atoms with van der Waals surface area (Å²) in [4.78, 5) is 12.6. The van der Waals surface area contributed by atoms with Crippen LogP contribution >= 0.6 is 0 Å². The zero-order valence-corrected chi connectivity index (χ0v) is 13.1. The van der Waals surface area contributed by atoms with Crippen LogP contribution in [0.4, 0.5) is 0 Å². The van der Waals surface area contributed by atoms with E-state index in [0.29, 0.717) is 18.2 Å². The molecule has 0 amide bonds. The molecular weight excluding hydrogens is 262 g/mol. The van der Waals surface area contributed by atoms with Gasteiger partial charge in [0.25, 0.3) is 0 Å². The van der Waals surface area contributed by atoms with Crippen molar-refractivity contribution in [2.75, 3.05) is 6.54 Å². The highest BCUT2D eigenvalue weighted by molar-refractivity contribution is 5.90. The van der Waals surface area contributed by atoms with Gasteiger partial charge in [0.2, 0.25) is 0 Å². The predicted molar refractivity (Wildman–Crippen MR) is 83.3 cm³/mol. The minimum Gasteiger partial charge on any atom is -0.305 e. The smallest absolute Gasteiger partial charge is 0.158 e. The van der Waals surface area contributed by atoms with Crippen LogP contribution in [-0.2, 0) is 11.2 Å². The molecule has 4 heteroatoms. The summed E-state index contributed by atoms with van der Waals surface area (Å²) >= 11 is 0. The van der Waals surface area contributed by atoms with Crippen molar-refractivity contribution in [1.82, 2.24) is 15.1 Å². The average Bonchev–Trinajstić information content (AvgIpc) is 3.18. The van der Waals surface area contributed by atoms with Crippen LogP contribution in [0.15, 0.2) is 12.3 Å². The van der Waals surface area contributed by atoms with Crippen molar-refractivity contribution in [1.29, 1.82) is 0 Å². The second kappa shape index (κ2) is 6.30. The lowest BCUT2D eigenvalue weighted by Gasteiger charge is -2.26. The summed E-state index contributed by atoms with van der Waals surface area (Å²) < 4.78 is 2.10. The van der Waals surface area contributed by atoms with E-state index in [2.05, 4.69) is 28.2 Å². The van der Waals surface area contributed by atoms with E-state index in [1.165, 1.54) is 32.1 Å². The van der Waals surface area contributed by atoms with Crippen LogP contribution in [-0.4, -0.2) is 27.6 Å². The highest BCUT2D eigenvalue weighted by atomic mass is 16.1. The Morgan fingerprint density at radius 3 is 2.86 bits per heavy atom. The first-order chi connectivity index (χ1) is 10.2. The molecule has 1 unspecified atom stereocenters. The summed E-state index contributed by atoms with van der Waals surface area (Å²) in [5.41, 5.74) is 0.654. The summed E-state index contributed by atoms with van der Waals surface area (Å²) in [6.45, 7) is 3.08. The van der Waals surface area contributed by atoms with Gasteiger partial charge in [-0.05, 0) is 44.7 Å². The van der Waals surface area contributed by atoms with Gasteiger partial charge in [0.15, 0.2) is 5.78 Å². The first kappa shape index (κ1) is 14.8. The Balaban J connectivity index is 1.65. The second-order valence-electron chi connectivity index (χ2n) is 6.64. The largest absolute Gasteiger partial charge is 0.305 e. The SMILES string of the molecule is CCC1(C(=O)Cc2ccn(C3CCCCC3)n2)CCCN1. The Morgan fingerprint density at radius 1 is 1.38 bits per heavy atom. The Bertz CT molecular complexity index is 482. The minimum absolute atomic E-state index is 0.283. The molecule has 0 radical (unpaired) electrons. The fourth-order valence-electron chi connectivity index (χ4n) is 3.90. The number of rotatable bonds is 5. The molecule has 1 aliphatic carbocycles. The quantitative estimate of drug-likeness (QED) is 0.906. The summed E-state index contributed by atoms with van der Waals surface area (Å²) in [6.07, 6.45) is 11.9. The number of hydrogen-bond acceptors (Lipinski definition) is 3. The number of hydrogen-bond donors (Lipinski definition) is 1. The lowest BCUT2D eigenvalue weighted by molar-refractivity contribution is -0.124.